The SMILES string of the molecule is CC/C=C\CC1C(CBr)CCC12O[C@H](C)[C@@H](C)O2. The predicted molar refractivity (Wildman–Crippen MR) is 77.9 cm³/mol. The molecule has 2 rings (SSSR count). The van der Waals surface area contributed by atoms with Crippen molar-refractivity contribution in [3.8, 4) is 0 Å². The summed E-state index contributed by atoms with van der Waals surface area (Å²) in [5, 5.41) is 1.05. The second-order valence-electron chi connectivity index (χ2n) is 5.63. The Morgan fingerprint density at radius 2 is 1.89 bits per heavy atom. The van der Waals surface area contributed by atoms with Crippen LogP contribution in [0.25, 0.3) is 0 Å². The van der Waals surface area contributed by atoms with Crippen LogP contribution < -0.4 is 0 Å². The first-order valence-electron chi connectivity index (χ1n) is 7.19. The van der Waals surface area contributed by atoms with Crippen molar-refractivity contribution in [3.63, 3.8) is 0 Å². The van der Waals surface area contributed by atoms with Crippen LogP contribution in [-0.2, 0) is 9.47 Å². The van der Waals surface area contributed by atoms with Gasteiger partial charge in [-0.1, -0.05) is 35.0 Å². The summed E-state index contributed by atoms with van der Waals surface area (Å²) in [5.74, 6) is 0.853. The highest BCUT2D eigenvalue weighted by Crippen LogP contribution is 2.50. The third-order valence-corrected chi connectivity index (χ3v) is 5.25. The van der Waals surface area contributed by atoms with Crippen molar-refractivity contribution in [1.29, 1.82) is 0 Å². The molecule has 1 aliphatic carbocycles. The molecule has 0 aromatic rings. The lowest BCUT2D eigenvalue weighted by molar-refractivity contribution is -0.199. The minimum Gasteiger partial charge on any atom is -0.344 e. The van der Waals surface area contributed by atoms with Gasteiger partial charge in [-0.25, -0.2) is 0 Å². The predicted octanol–water partition coefficient (Wildman–Crippen LogP) is 4.28. The van der Waals surface area contributed by atoms with Crippen LogP contribution in [0.5, 0.6) is 0 Å². The Labute approximate surface area is 119 Å². The Hall–Kier alpha value is 0.140. The molecular formula is C15H25BrO2. The van der Waals surface area contributed by atoms with Gasteiger partial charge in [0.1, 0.15) is 0 Å². The largest absolute Gasteiger partial charge is 0.344 e. The summed E-state index contributed by atoms with van der Waals surface area (Å²) in [5.41, 5.74) is 0. The van der Waals surface area contributed by atoms with E-state index >= 15 is 0 Å². The number of ether oxygens (including phenoxy) is 2. The maximum Gasteiger partial charge on any atom is 0.172 e. The molecule has 2 unspecified atom stereocenters. The molecule has 0 aromatic heterocycles. The van der Waals surface area contributed by atoms with Crippen LogP contribution in [-0.4, -0.2) is 23.3 Å². The first-order chi connectivity index (χ1) is 8.63. The second-order valence-corrected chi connectivity index (χ2v) is 6.28. The van der Waals surface area contributed by atoms with Gasteiger partial charge >= 0.3 is 0 Å². The number of halogens is 1. The van der Waals surface area contributed by atoms with Crippen LogP contribution >= 0.6 is 15.9 Å². The molecule has 1 saturated carbocycles. The molecule has 0 N–H and O–H groups in total. The van der Waals surface area contributed by atoms with E-state index in [2.05, 4.69) is 48.9 Å². The summed E-state index contributed by atoms with van der Waals surface area (Å²) in [6.45, 7) is 6.43. The summed E-state index contributed by atoms with van der Waals surface area (Å²) in [6.07, 6.45) is 9.41. The molecule has 0 amide bonds. The van der Waals surface area contributed by atoms with E-state index in [0.29, 0.717) is 11.8 Å². The zero-order chi connectivity index (χ0) is 13.2. The fourth-order valence-electron chi connectivity index (χ4n) is 3.24. The fourth-order valence-corrected chi connectivity index (χ4v) is 4.01. The Balaban J connectivity index is 2.11. The molecule has 1 saturated heterocycles. The monoisotopic (exact) mass is 316 g/mol. The van der Waals surface area contributed by atoms with Gasteiger partial charge < -0.3 is 9.47 Å². The summed E-state index contributed by atoms with van der Waals surface area (Å²) in [6, 6.07) is 0. The van der Waals surface area contributed by atoms with E-state index in [1.807, 2.05) is 0 Å². The van der Waals surface area contributed by atoms with Gasteiger partial charge in [-0.15, -0.1) is 0 Å². The molecular weight excluding hydrogens is 292 g/mol. The lowest BCUT2D eigenvalue weighted by atomic mass is 9.90. The average molecular weight is 317 g/mol. The summed E-state index contributed by atoms with van der Waals surface area (Å²) in [7, 11) is 0. The molecule has 2 aliphatic rings. The Kier molecular flexibility index (Phi) is 4.90. The van der Waals surface area contributed by atoms with Crippen molar-refractivity contribution in [2.45, 2.75) is 64.4 Å². The third-order valence-electron chi connectivity index (χ3n) is 4.42. The first kappa shape index (κ1) is 14.5. The molecule has 1 spiro atoms. The van der Waals surface area contributed by atoms with Crippen molar-refractivity contribution < 1.29 is 9.47 Å². The molecule has 0 bridgehead atoms. The van der Waals surface area contributed by atoms with E-state index in [4.69, 9.17) is 9.47 Å². The minimum absolute atomic E-state index is 0.219. The number of hydrogen-bond acceptors (Lipinski definition) is 2. The van der Waals surface area contributed by atoms with E-state index in [-0.39, 0.29) is 18.0 Å². The zero-order valence-electron chi connectivity index (χ0n) is 11.7. The maximum atomic E-state index is 6.22. The van der Waals surface area contributed by atoms with E-state index < -0.39 is 0 Å². The van der Waals surface area contributed by atoms with Crippen molar-refractivity contribution in [2.24, 2.45) is 11.8 Å². The molecule has 104 valence electrons. The highest BCUT2D eigenvalue weighted by atomic mass is 79.9. The summed E-state index contributed by atoms with van der Waals surface area (Å²) < 4.78 is 12.4. The molecule has 0 radical (unpaired) electrons. The molecule has 3 heteroatoms. The maximum absolute atomic E-state index is 6.22. The quantitative estimate of drug-likeness (QED) is 0.569. The van der Waals surface area contributed by atoms with Gasteiger partial charge in [-0.3, -0.25) is 0 Å². The summed E-state index contributed by atoms with van der Waals surface area (Å²) in [4.78, 5) is 0. The Morgan fingerprint density at radius 1 is 1.22 bits per heavy atom. The smallest absolute Gasteiger partial charge is 0.172 e. The molecule has 4 atom stereocenters. The van der Waals surface area contributed by atoms with Gasteiger partial charge in [0.2, 0.25) is 0 Å². The average Bonchev–Trinajstić information content (AvgIpc) is 2.82. The highest BCUT2D eigenvalue weighted by Gasteiger charge is 2.55. The normalized spacial score (nSPS) is 39.1. The topological polar surface area (TPSA) is 18.5 Å². The van der Waals surface area contributed by atoms with Gasteiger partial charge in [0.05, 0.1) is 12.2 Å². The third kappa shape index (κ3) is 2.68. The minimum atomic E-state index is -0.310. The van der Waals surface area contributed by atoms with E-state index in [1.54, 1.807) is 0 Å². The van der Waals surface area contributed by atoms with E-state index in [0.717, 1.165) is 24.6 Å². The Morgan fingerprint density at radius 3 is 2.44 bits per heavy atom. The van der Waals surface area contributed by atoms with E-state index in [1.165, 1.54) is 6.42 Å². The zero-order valence-corrected chi connectivity index (χ0v) is 13.3. The summed E-state index contributed by atoms with van der Waals surface area (Å²) >= 11 is 3.65. The van der Waals surface area contributed by atoms with Crippen LogP contribution in [0.3, 0.4) is 0 Å². The van der Waals surface area contributed by atoms with Crippen molar-refractivity contribution in [2.75, 3.05) is 5.33 Å². The van der Waals surface area contributed by atoms with Gasteiger partial charge in [-0.05, 0) is 39.0 Å². The number of allylic oxidation sites excluding steroid dienone is 2. The second kappa shape index (κ2) is 6.06. The Bertz CT molecular complexity index is 293. The fraction of sp³-hybridized carbons (Fsp3) is 0.867. The molecule has 0 aromatic carbocycles. The van der Waals surface area contributed by atoms with Crippen molar-refractivity contribution in [1.82, 2.24) is 0 Å². The number of alkyl halides is 1. The van der Waals surface area contributed by atoms with Crippen LogP contribution in [0, 0.1) is 11.8 Å². The van der Waals surface area contributed by atoms with Gasteiger partial charge in [0, 0.05) is 17.7 Å². The van der Waals surface area contributed by atoms with Crippen LogP contribution in [0.1, 0.15) is 46.5 Å². The molecule has 18 heavy (non-hydrogen) atoms. The lowest BCUT2D eigenvalue weighted by Gasteiger charge is -2.31. The number of rotatable bonds is 4. The van der Waals surface area contributed by atoms with Gasteiger partial charge in [0.25, 0.3) is 0 Å². The molecule has 2 fully saturated rings. The molecule has 2 nitrogen and oxygen atoms in total. The first-order valence-corrected chi connectivity index (χ1v) is 8.31. The van der Waals surface area contributed by atoms with Crippen LogP contribution in [0.15, 0.2) is 12.2 Å². The number of hydrogen-bond donors (Lipinski definition) is 0. The van der Waals surface area contributed by atoms with Crippen LogP contribution in [0.4, 0.5) is 0 Å². The molecule has 1 heterocycles. The van der Waals surface area contributed by atoms with Gasteiger partial charge in [-0.2, -0.15) is 0 Å². The lowest BCUT2D eigenvalue weighted by Crippen LogP contribution is -2.37. The standard InChI is InChI=1S/C15H25BrO2/c1-4-5-6-7-14-13(10-16)8-9-15(14)17-11(2)12(3)18-15/h5-6,11-14H,4,7-10H2,1-3H3/b6-5-/t11-,12-,13?,14?/m1/s1. The highest BCUT2D eigenvalue weighted by molar-refractivity contribution is 9.09. The molecule has 1 aliphatic heterocycles. The van der Waals surface area contributed by atoms with Crippen LogP contribution in [0.2, 0.25) is 0 Å². The van der Waals surface area contributed by atoms with Gasteiger partial charge in [0.15, 0.2) is 5.79 Å². The van der Waals surface area contributed by atoms with Crippen molar-refractivity contribution >= 4 is 15.9 Å². The van der Waals surface area contributed by atoms with E-state index in [9.17, 15) is 0 Å². The van der Waals surface area contributed by atoms with Crippen molar-refractivity contribution in [3.05, 3.63) is 12.2 Å².